The van der Waals surface area contributed by atoms with Gasteiger partial charge in [-0.3, -0.25) is 20.0 Å². The summed E-state index contributed by atoms with van der Waals surface area (Å²) >= 11 is 0. The molecule has 1 saturated heterocycles. The number of nitro benzene ring substituents is 1. The van der Waals surface area contributed by atoms with Crippen LogP contribution in [0.15, 0.2) is 48.8 Å². The molecule has 0 amide bonds. The van der Waals surface area contributed by atoms with Gasteiger partial charge in [0.1, 0.15) is 0 Å². The van der Waals surface area contributed by atoms with Gasteiger partial charge >= 0.3 is 0 Å². The van der Waals surface area contributed by atoms with Crippen molar-refractivity contribution in [3.05, 3.63) is 70.0 Å². The molecule has 0 spiro atoms. The molecular weight excluding hydrogens is 316 g/mol. The Bertz CT molecular complexity index is 654. The van der Waals surface area contributed by atoms with Crippen LogP contribution in [-0.2, 0) is 6.54 Å². The van der Waals surface area contributed by atoms with E-state index in [1.165, 1.54) is 11.6 Å². The second kappa shape index (κ2) is 8.01. The summed E-state index contributed by atoms with van der Waals surface area (Å²) in [6.07, 6.45) is 3.60. The summed E-state index contributed by atoms with van der Waals surface area (Å²) in [6, 6.07) is 11.2. The number of benzene rings is 1. The van der Waals surface area contributed by atoms with E-state index in [0.717, 1.165) is 25.2 Å². The molecule has 0 saturated carbocycles. The third-order valence-corrected chi connectivity index (χ3v) is 3.95. The van der Waals surface area contributed by atoms with E-state index in [2.05, 4.69) is 15.2 Å². The van der Waals surface area contributed by atoms with Crippen molar-refractivity contribution in [1.82, 2.24) is 15.2 Å². The lowest BCUT2D eigenvalue weighted by molar-refractivity contribution is -0.384. The van der Waals surface area contributed by atoms with Crippen molar-refractivity contribution in [3.63, 3.8) is 0 Å². The molecule has 7 heteroatoms. The average molecular weight is 335 g/mol. The minimum atomic E-state index is -0.346. The fraction of sp³-hybridized carbons (Fsp3) is 0.312. The molecule has 1 aromatic carbocycles. The molecule has 3 rings (SSSR count). The molecule has 1 fully saturated rings. The summed E-state index contributed by atoms with van der Waals surface area (Å²) < 4.78 is 0. The first-order valence-electron chi connectivity index (χ1n) is 7.32. The quantitative estimate of drug-likeness (QED) is 0.687. The van der Waals surface area contributed by atoms with Crippen LogP contribution >= 0.6 is 12.4 Å². The molecule has 1 aliphatic heterocycles. The van der Waals surface area contributed by atoms with Gasteiger partial charge < -0.3 is 5.32 Å². The number of hydrogen-bond acceptors (Lipinski definition) is 5. The van der Waals surface area contributed by atoms with Crippen LogP contribution in [0.5, 0.6) is 0 Å². The maximum atomic E-state index is 10.9. The summed E-state index contributed by atoms with van der Waals surface area (Å²) in [5.41, 5.74) is 2.33. The monoisotopic (exact) mass is 334 g/mol. The van der Waals surface area contributed by atoms with Crippen LogP contribution in [0.1, 0.15) is 17.2 Å². The molecular formula is C16H19ClN4O2. The lowest BCUT2D eigenvalue weighted by atomic mass is 10.0. The fourth-order valence-electron chi connectivity index (χ4n) is 2.85. The van der Waals surface area contributed by atoms with Gasteiger partial charge in [-0.05, 0) is 23.3 Å². The Morgan fingerprint density at radius 3 is 2.83 bits per heavy atom. The summed E-state index contributed by atoms with van der Waals surface area (Å²) in [7, 11) is 0. The zero-order valence-electron chi connectivity index (χ0n) is 12.6. The second-order valence-corrected chi connectivity index (χ2v) is 5.40. The van der Waals surface area contributed by atoms with Gasteiger partial charge in [0.15, 0.2) is 0 Å². The SMILES string of the molecule is Cl.O=[N+]([O-])c1cccc(CN2CCNCC2c2ccncc2)c1. The van der Waals surface area contributed by atoms with E-state index in [4.69, 9.17) is 0 Å². The Balaban J connectivity index is 0.00000192. The molecule has 2 heterocycles. The van der Waals surface area contributed by atoms with Gasteiger partial charge in [-0.1, -0.05) is 12.1 Å². The number of aromatic nitrogens is 1. The number of rotatable bonds is 4. The van der Waals surface area contributed by atoms with Gasteiger partial charge in [0.05, 0.1) is 4.92 Å². The van der Waals surface area contributed by atoms with E-state index >= 15 is 0 Å². The molecule has 0 aliphatic carbocycles. The van der Waals surface area contributed by atoms with Crippen molar-refractivity contribution in [2.24, 2.45) is 0 Å². The average Bonchev–Trinajstić information content (AvgIpc) is 2.56. The normalized spacial score (nSPS) is 18.2. The van der Waals surface area contributed by atoms with Crippen LogP contribution < -0.4 is 5.32 Å². The van der Waals surface area contributed by atoms with Gasteiger partial charge in [-0.2, -0.15) is 0 Å². The number of hydrogen-bond donors (Lipinski definition) is 1. The van der Waals surface area contributed by atoms with Gasteiger partial charge in [-0.15, -0.1) is 12.4 Å². The van der Waals surface area contributed by atoms with Crippen LogP contribution in [0.4, 0.5) is 5.69 Å². The van der Waals surface area contributed by atoms with E-state index in [1.807, 2.05) is 18.2 Å². The number of nitrogens with zero attached hydrogens (tertiary/aromatic N) is 3. The number of nitrogens with one attached hydrogen (secondary N) is 1. The molecule has 2 aromatic rings. The molecule has 23 heavy (non-hydrogen) atoms. The number of pyridine rings is 1. The molecule has 1 aliphatic rings. The van der Waals surface area contributed by atoms with Crippen LogP contribution in [0.3, 0.4) is 0 Å². The number of nitro groups is 1. The molecule has 0 radical (unpaired) electrons. The van der Waals surface area contributed by atoms with Crippen LogP contribution in [0.2, 0.25) is 0 Å². The first kappa shape index (κ1) is 17.3. The van der Waals surface area contributed by atoms with Crippen molar-refractivity contribution in [1.29, 1.82) is 0 Å². The molecule has 1 atom stereocenters. The smallest absolute Gasteiger partial charge is 0.269 e. The second-order valence-electron chi connectivity index (χ2n) is 5.40. The van der Waals surface area contributed by atoms with Crippen molar-refractivity contribution >= 4 is 18.1 Å². The third-order valence-electron chi connectivity index (χ3n) is 3.95. The highest BCUT2D eigenvalue weighted by Crippen LogP contribution is 2.24. The molecule has 0 bridgehead atoms. The summed E-state index contributed by atoms with van der Waals surface area (Å²) in [6.45, 7) is 3.42. The third kappa shape index (κ3) is 4.25. The number of non-ortho nitro benzene ring substituents is 1. The maximum Gasteiger partial charge on any atom is 0.269 e. The van der Waals surface area contributed by atoms with E-state index in [0.29, 0.717) is 6.54 Å². The zero-order chi connectivity index (χ0) is 15.4. The minimum absolute atomic E-state index is 0. The van der Waals surface area contributed by atoms with E-state index in [-0.39, 0.29) is 29.1 Å². The Labute approximate surface area is 141 Å². The zero-order valence-corrected chi connectivity index (χ0v) is 13.4. The first-order valence-corrected chi connectivity index (χ1v) is 7.32. The van der Waals surface area contributed by atoms with Crippen molar-refractivity contribution in [2.75, 3.05) is 19.6 Å². The van der Waals surface area contributed by atoms with Gasteiger partial charge in [0, 0.05) is 56.7 Å². The fourth-order valence-corrected chi connectivity index (χ4v) is 2.85. The Kier molecular flexibility index (Phi) is 6.04. The Morgan fingerprint density at radius 2 is 2.09 bits per heavy atom. The highest BCUT2D eigenvalue weighted by molar-refractivity contribution is 5.85. The highest BCUT2D eigenvalue weighted by Gasteiger charge is 2.24. The number of halogens is 1. The molecule has 122 valence electrons. The topological polar surface area (TPSA) is 71.3 Å². The molecule has 1 N–H and O–H groups in total. The van der Waals surface area contributed by atoms with E-state index in [9.17, 15) is 10.1 Å². The van der Waals surface area contributed by atoms with E-state index in [1.54, 1.807) is 24.5 Å². The van der Waals surface area contributed by atoms with Crippen LogP contribution in [0, 0.1) is 10.1 Å². The largest absolute Gasteiger partial charge is 0.314 e. The Morgan fingerprint density at radius 1 is 1.30 bits per heavy atom. The van der Waals surface area contributed by atoms with Crippen LogP contribution in [-0.4, -0.2) is 34.4 Å². The van der Waals surface area contributed by atoms with Crippen molar-refractivity contribution in [2.45, 2.75) is 12.6 Å². The number of piperazine rings is 1. The molecule has 1 aromatic heterocycles. The summed E-state index contributed by atoms with van der Waals surface area (Å²) in [5, 5.41) is 14.3. The van der Waals surface area contributed by atoms with Crippen molar-refractivity contribution in [3.8, 4) is 0 Å². The van der Waals surface area contributed by atoms with Crippen molar-refractivity contribution < 1.29 is 4.92 Å². The molecule has 6 nitrogen and oxygen atoms in total. The predicted molar refractivity (Wildman–Crippen MR) is 90.6 cm³/mol. The summed E-state index contributed by atoms with van der Waals surface area (Å²) in [5.74, 6) is 0. The maximum absolute atomic E-state index is 10.9. The standard InChI is InChI=1S/C16H18N4O2.ClH/c21-20(22)15-3-1-2-13(10-15)12-19-9-8-18-11-16(19)14-4-6-17-7-5-14;/h1-7,10,16,18H,8-9,11-12H2;1H. The van der Waals surface area contributed by atoms with Gasteiger partial charge in [-0.25, -0.2) is 0 Å². The van der Waals surface area contributed by atoms with Gasteiger partial charge in [0.2, 0.25) is 0 Å². The first-order chi connectivity index (χ1) is 10.7. The molecule has 1 unspecified atom stereocenters. The Hall–Kier alpha value is -2.02. The van der Waals surface area contributed by atoms with Gasteiger partial charge in [0.25, 0.3) is 5.69 Å². The lowest BCUT2D eigenvalue weighted by Crippen LogP contribution is -2.45. The van der Waals surface area contributed by atoms with Crippen LogP contribution in [0.25, 0.3) is 0 Å². The minimum Gasteiger partial charge on any atom is -0.314 e. The summed E-state index contributed by atoms with van der Waals surface area (Å²) in [4.78, 5) is 17.0. The predicted octanol–water partition coefficient (Wildman–Crippen LogP) is 2.56. The highest BCUT2D eigenvalue weighted by atomic mass is 35.5. The van der Waals surface area contributed by atoms with E-state index < -0.39 is 0 Å². The lowest BCUT2D eigenvalue weighted by Gasteiger charge is -2.36.